The average molecular weight is 377 g/mol. The topological polar surface area (TPSA) is 43.2 Å². The zero-order chi connectivity index (χ0) is 19.7. The van der Waals surface area contributed by atoms with E-state index < -0.39 is 0 Å². The predicted molar refractivity (Wildman–Crippen MR) is 114 cm³/mol. The van der Waals surface area contributed by atoms with E-state index in [1.807, 2.05) is 0 Å². The van der Waals surface area contributed by atoms with Gasteiger partial charge in [0.1, 0.15) is 13.2 Å². The summed E-state index contributed by atoms with van der Waals surface area (Å²) in [5.41, 5.74) is 7.98. The summed E-state index contributed by atoms with van der Waals surface area (Å²) in [5, 5.41) is 0. The van der Waals surface area contributed by atoms with Gasteiger partial charge in [-0.25, -0.2) is 9.98 Å². The Morgan fingerprint density at radius 3 is 1.39 bits per heavy atom. The summed E-state index contributed by atoms with van der Waals surface area (Å²) in [6.07, 6.45) is 1.78. The molecule has 0 saturated heterocycles. The number of nitrogens with zero attached hydrogens (tertiary/aromatic N) is 2. The van der Waals surface area contributed by atoms with Crippen LogP contribution in [0.1, 0.15) is 33.4 Å². The van der Waals surface area contributed by atoms with Crippen molar-refractivity contribution in [1.82, 2.24) is 0 Å². The fraction of sp³-hybridized carbons (Fsp3) is 0.417. The Balaban J connectivity index is 1.45. The van der Waals surface area contributed by atoms with Gasteiger partial charge in [0.2, 0.25) is 0 Å². The third kappa shape index (κ3) is 3.82. The van der Waals surface area contributed by atoms with Crippen molar-refractivity contribution in [3.05, 3.63) is 69.8 Å². The van der Waals surface area contributed by atoms with Gasteiger partial charge in [0.15, 0.2) is 0 Å². The molecule has 0 radical (unpaired) electrons. The van der Waals surface area contributed by atoms with Gasteiger partial charge >= 0.3 is 0 Å². The average Bonchev–Trinajstić information content (AvgIpc) is 3.31. The normalized spacial score (nSPS) is 21.1. The van der Waals surface area contributed by atoms with Crippen LogP contribution in [0.5, 0.6) is 0 Å². The minimum Gasteiger partial charge on any atom is -0.472 e. The number of aliphatic imine (C=N–C) groups is 2. The Hall–Kier alpha value is -2.62. The van der Waals surface area contributed by atoms with Crippen molar-refractivity contribution in [2.75, 3.05) is 13.2 Å². The van der Waals surface area contributed by atoms with Crippen molar-refractivity contribution < 1.29 is 9.47 Å². The van der Waals surface area contributed by atoms with E-state index in [1.165, 1.54) is 33.4 Å². The Kier molecular flexibility index (Phi) is 5.21. The van der Waals surface area contributed by atoms with Crippen LogP contribution in [-0.2, 0) is 22.3 Å². The Morgan fingerprint density at radius 1 is 0.679 bits per heavy atom. The van der Waals surface area contributed by atoms with Gasteiger partial charge in [0.25, 0.3) is 11.8 Å². The van der Waals surface area contributed by atoms with Crippen LogP contribution < -0.4 is 0 Å². The molecule has 0 aromatic heterocycles. The first kappa shape index (κ1) is 18.7. The third-order valence-electron chi connectivity index (χ3n) is 5.78. The highest BCUT2D eigenvalue weighted by atomic mass is 16.5. The first-order chi connectivity index (χ1) is 13.5. The molecule has 4 nitrogen and oxygen atoms in total. The van der Waals surface area contributed by atoms with Gasteiger partial charge in [-0.05, 0) is 73.9 Å². The summed E-state index contributed by atoms with van der Waals surface area (Å²) in [4.78, 5) is 9.53. The van der Waals surface area contributed by atoms with E-state index in [1.54, 1.807) is 0 Å². The molecule has 0 unspecified atom stereocenters. The first-order valence-corrected chi connectivity index (χ1v) is 10.0. The quantitative estimate of drug-likeness (QED) is 0.781. The first-order valence-electron chi connectivity index (χ1n) is 10.0. The molecule has 0 amide bonds. The van der Waals surface area contributed by atoms with Crippen molar-refractivity contribution >= 4 is 11.8 Å². The molecule has 0 aliphatic carbocycles. The number of hydrogen-bond acceptors (Lipinski definition) is 4. The lowest BCUT2D eigenvalue weighted by molar-refractivity contribution is 0.293. The Morgan fingerprint density at radius 2 is 1.04 bits per heavy atom. The molecule has 0 fully saturated rings. The Bertz CT molecular complexity index is 828. The molecule has 4 heteroatoms. The van der Waals surface area contributed by atoms with E-state index in [0.29, 0.717) is 25.0 Å². The van der Waals surface area contributed by atoms with E-state index in [9.17, 15) is 0 Å². The molecule has 2 aliphatic heterocycles. The third-order valence-corrected chi connectivity index (χ3v) is 5.78. The maximum atomic E-state index is 5.84. The van der Waals surface area contributed by atoms with E-state index >= 15 is 0 Å². The van der Waals surface area contributed by atoms with Crippen LogP contribution in [0.3, 0.4) is 0 Å². The standard InChI is InChI=1S/C24H28N2O2/c1-15-7-5-8-16(2)21(15)11-19-13-27-23(25-19)24-26-20(14-28-24)12-22-17(3)9-6-10-18(22)4/h5-10,19-20H,11-14H2,1-4H3/t19-,20-/m0/s1. The summed E-state index contributed by atoms with van der Waals surface area (Å²) < 4.78 is 11.7. The van der Waals surface area contributed by atoms with Crippen molar-refractivity contribution in [2.24, 2.45) is 9.98 Å². The van der Waals surface area contributed by atoms with Gasteiger partial charge < -0.3 is 9.47 Å². The fourth-order valence-electron chi connectivity index (χ4n) is 4.09. The fourth-order valence-corrected chi connectivity index (χ4v) is 4.09. The van der Waals surface area contributed by atoms with Crippen molar-refractivity contribution in [1.29, 1.82) is 0 Å². The summed E-state index contributed by atoms with van der Waals surface area (Å²) in [5.74, 6) is 1.14. The molecule has 2 heterocycles. The van der Waals surface area contributed by atoms with Gasteiger partial charge in [-0.1, -0.05) is 36.4 Å². The largest absolute Gasteiger partial charge is 0.472 e. The van der Waals surface area contributed by atoms with E-state index in [0.717, 1.165) is 12.8 Å². The summed E-state index contributed by atoms with van der Waals surface area (Å²) in [6, 6.07) is 13.1. The Labute approximate surface area is 167 Å². The van der Waals surface area contributed by atoms with Crippen LogP contribution in [0.15, 0.2) is 46.4 Å². The smallest absolute Gasteiger partial charge is 0.273 e. The highest BCUT2D eigenvalue weighted by molar-refractivity contribution is 6.36. The van der Waals surface area contributed by atoms with Crippen LogP contribution in [0.25, 0.3) is 0 Å². The number of ether oxygens (including phenoxy) is 2. The highest BCUT2D eigenvalue weighted by Gasteiger charge is 2.30. The van der Waals surface area contributed by atoms with Gasteiger partial charge in [0.05, 0.1) is 12.1 Å². The van der Waals surface area contributed by atoms with Crippen LogP contribution in [0.4, 0.5) is 0 Å². The molecule has 0 N–H and O–H groups in total. The van der Waals surface area contributed by atoms with Crippen LogP contribution in [0.2, 0.25) is 0 Å². The van der Waals surface area contributed by atoms with Crippen molar-refractivity contribution in [2.45, 2.75) is 52.6 Å². The molecular formula is C24H28N2O2. The lowest BCUT2D eigenvalue weighted by Gasteiger charge is -2.11. The monoisotopic (exact) mass is 376 g/mol. The second-order valence-corrected chi connectivity index (χ2v) is 7.95. The minimum atomic E-state index is 0.124. The zero-order valence-corrected chi connectivity index (χ0v) is 17.2. The van der Waals surface area contributed by atoms with E-state index in [2.05, 4.69) is 64.1 Å². The number of rotatable bonds is 5. The SMILES string of the molecule is Cc1cccc(C)c1C[C@H]1COC(C2=N[C@@H](Cc3c(C)cccc3C)CO2)=N1. The number of benzene rings is 2. The van der Waals surface area contributed by atoms with Crippen LogP contribution >= 0.6 is 0 Å². The highest BCUT2D eigenvalue weighted by Crippen LogP contribution is 2.22. The molecular weight excluding hydrogens is 348 g/mol. The van der Waals surface area contributed by atoms with Gasteiger partial charge in [-0.2, -0.15) is 0 Å². The molecule has 0 spiro atoms. The lowest BCUT2D eigenvalue weighted by Crippen LogP contribution is -2.14. The second-order valence-electron chi connectivity index (χ2n) is 7.95. The molecule has 4 rings (SSSR count). The van der Waals surface area contributed by atoms with Crippen LogP contribution in [-0.4, -0.2) is 37.1 Å². The molecule has 2 aromatic carbocycles. The molecule has 0 bridgehead atoms. The number of hydrogen-bond donors (Lipinski definition) is 0. The van der Waals surface area contributed by atoms with Crippen LogP contribution in [0, 0.1) is 27.7 Å². The molecule has 28 heavy (non-hydrogen) atoms. The minimum absolute atomic E-state index is 0.124. The van der Waals surface area contributed by atoms with Crippen molar-refractivity contribution in [3.63, 3.8) is 0 Å². The zero-order valence-electron chi connectivity index (χ0n) is 17.2. The molecule has 2 aromatic rings. The molecule has 2 atom stereocenters. The molecule has 146 valence electrons. The second kappa shape index (κ2) is 7.78. The number of aryl methyl sites for hydroxylation is 4. The maximum Gasteiger partial charge on any atom is 0.273 e. The lowest BCUT2D eigenvalue weighted by atomic mass is 9.97. The maximum absolute atomic E-state index is 5.84. The summed E-state index contributed by atoms with van der Waals surface area (Å²) >= 11 is 0. The summed E-state index contributed by atoms with van der Waals surface area (Å²) in [6.45, 7) is 9.81. The van der Waals surface area contributed by atoms with Gasteiger partial charge in [0, 0.05) is 0 Å². The molecule has 0 saturated carbocycles. The van der Waals surface area contributed by atoms with Gasteiger partial charge in [-0.3, -0.25) is 0 Å². The predicted octanol–water partition coefficient (Wildman–Crippen LogP) is 4.30. The summed E-state index contributed by atoms with van der Waals surface area (Å²) in [7, 11) is 0. The van der Waals surface area contributed by atoms with E-state index in [4.69, 9.17) is 19.5 Å². The molecule has 2 aliphatic rings. The van der Waals surface area contributed by atoms with Crippen molar-refractivity contribution in [3.8, 4) is 0 Å². The van der Waals surface area contributed by atoms with Gasteiger partial charge in [-0.15, -0.1) is 0 Å². The van der Waals surface area contributed by atoms with E-state index in [-0.39, 0.29) is 12.1 Å².